The predicted molar refractivity (Wildman–Crippen MR) is 72.5 cm³/mol. The van der Waals surface area contributed by atoms with Crippen LogP contribution in [-0.4, -0.2) is 44.6 Å². The van der Waals surface area contributed by atoms with Gasteiger partial charge < -0.3 is 19.9 Å². The third-order valence-electron chi connectivity index (χ3n) is 2.35. The maximum absolute atomic E-state index is 8.55. The van der Waals surface area contributed by atoms with Crippen molar-refractivity contribution in [2.24, 2.45) is 0 Å². The van der Waals surface area contributed by atoms with Crippen molar-refractivity contribution in [1.29, 1.82) is 0 Å². The number of aliphatic hydroxyl groups excluding tert-OH is 1. The Morgan fingerprint density at radius 1 is 1.22 bits per heavy atom. The van der Waals surface area contributed by atoms with Crippen molar-refractivity contribution < 1.29 is 14.6 Å². The lowest BCUT2D eigenvalue weighted by Crippen LogP contribution is -2.23. The van der Waals surface area contributed by atoms with Gasteiger partial charge in [0.2, 0.25) is 0 Å². The number of para-hydroxylation sites is 1. The average Bonchev–Trinajstić information content (AvgIpc) is 2.35. The number of aliphatic hydroxyl groups is 1. The van der Waals surface area contributed by atoms with E-state index in [9.17, 15) is 0 Å². The van der Waals surface area contributed by atoms with Crippen LogP contribution in [0.1, 0.15) is 5.56 Å². The predicted octanol–water partition coefficient (Wildman–Crippen LogP) is 1.63. The number of hydrogen-bond donors (Lipinski definition) is 2. The molecule has 4 nitrogen and oxygen atoms in total. The topological polar surface area (TPSA) is 50.7 Å². The zero-order chi connectivity index (χ0) is 13.2. The highest BCUT2D eigenvalue weighted by molar-refractivity contribution is 6.32. The molecule has 102 valence electrons. The Kier molecular flexibility index (Phi) is 7.76. The molecule has 0 saturated heterocycles. The minimum absolute atomic E-state index is 0.148. The Hall–Kier alpha value is -0.810. The van der Waals surface area contributed by atoms with Gasteiger partial charge in [-0.15, -0.1) is 0 Å². The Labute approximate surface area is 113 Å². The number of ether oxygens (including phenoxy) is 2. The molecular weight excluding hydrogens is 254 g/mol. The molecule has 18 heavy (non-hydrogen) atoms. The Bertz CT molecular complexity index is 327. The SMILES string of the molecule is Cc1cccc(Cl)c1OCCOCCNCCO. The van der Waals surface area contributed by atoms with Crippen LogP contribution in [0.3, 0.4) is 0 Å². The summed E-state index contributed by atoms with van der Waals surface area (Å²) in [6.07, 6.45) is 0. The number of aryl methyl sites for hydroxylation is 1. The Morgan fingerprint density at radius 3 is 2.78 bits per heavy atom. The van der Waals surface area contributed by atoms with Crippen LogP contribution in [0.4, 0.5) is 0 Å². The number of benzene rings is 1. The van der Waals surface area contributed by atoms with E-state index in [1.54, 1.807) is 0 Å². The molecule has 0 aliphatic heterocycles. The van der Waals surface area contributed by atoms with Crippen molar-refractivity contribution in [3.63, 3.8) is 0 Å². The minimum atomic E-state index is 0.148. The lowest BCUT2D eigenvalue weighted by atomic mass is 10.2. The van der Waals surface area contributed by atoms with Crippen molar-refractivity contribution in [3.05, 3.63) is 28.8 Å². The molecule has 0 amide bonds. The van der Waals surface area contributed by atoms with E-state index in [-0.39, 0.29) is 6.61 Å². The molecule has 2 N–H and O–H groups in total. The molecule has 0 aliphatic rings. The first-order valence-electron chi connectivity index (χ1n) is 6.03. The summed E-state index contributed by atoms with van der Waals surface area (Å²) in [5.74, 6) is 0.723. The van der Waals surface area contributed by atoms with Gasteiger partial charge in [-0.05, 0) is 18.6 Å². The van der Waals surface area contributed by atoms with E-state index in [0.29, 0.717) is 31.4 Å². The lowest BCUT2D eigenvalue weighted by Gasteiger charge is -2.11. The smallest absolute Gasteiger partial charge is 0.140 e. The van der Waals surface area contributed by atoms with Gasteiger partial charge >= 0.3 is 0 Å². The van der Waals surface area contributed by atoms with Crippen LogP contribution in [0.25, 0.3) is 0 Å². The largest absolute Gasteiger partial charge is 0.489 e. The summed E-state index contributed by atoms with van der Waals surface area (Å²) in [4.78, 5) is 0. The van der Waals surface area contributed by atoms with Crippen LogP contribution in [0.2, 0.25) is 5.02 Å². The standard InChI is InChI=1S/C13H20ClNO3/c1-11-3-2-4-12(14)13(11)18-10-9-17-8-6-15-5-7-16/h2-4,15-16H,5-10H2,1H3. The van der Waals surface area contributed by atoms with Crippen molar-refractivity contribution in [2.45, 2.75) is 6.92 Å². The average molecular weight is 274 g/mol. The molecule has 0 aromatic heterocycles. The number of hydrogen-bond acceptors (Lipinski definition) is 4. The van der Waals surface area contributed by atoms with Gasteiger partial charge in [0.05, 0.1) is 24.8 Å². The second kappa shape index (κ2) is 9.16. The zero-order valence-electron chi connectivity index (χ0n) is 10.6. The van der Waals surface area contributed by atoms with Gasteiger partial charge in [-0.1, -0.05) is 23.7 Å². The van der Waals surface area contributed by atoms with E-state index in [4.69, 9.17) is 26.2 Å². The normalized spacial score (nSPS) is 10.6. The van der Waals surface area contributed by atoms with Crippen LogP contribution in [-0.2, 0) is 4.74 Å². The highest BCUT2D eigenvalue weighted by atomic mass is 35.5. The molecule has 5 heteroatoms. The molecule has 1 aromatic carbocycles. The van der Waals surface area contributed by atoms with E-state index in [1.165, 1.54) is 0 Å². The summed E-state index contributed by atoms with van der Waals surface area (Å²) in [6.45, 7) is 5.03. The first kappa shape index (κ1) is 15.2. The molecule has 0 fully saturated rings. The van der Waals surface area contributed by atoms with Crippen LogP contribution < -0.4 is 10.1 Å². The first-order chi connectivity index (χ1) is 8.75. The van der Waals surface area contributed by atoms with Gasteiger partial charge in [0.1, 0.15) is 12.4 Å². The second-order valence-corrected chi connectivity index (χ2v) is 4.23. The minimum Gasteiger partial charge on any atom is -0.489 e. The highest BCUT2D eigenvalue weighted by Gasteiger charge is 2.03. The maximum Gasteiger partial charge on any atom is 0.140 e. The van der Waals surface area contributed by atoms with Crippen molar-refractivity contribution in [1.82, 2.24) is 5.32 Å². The van der Waals surface area contributed by atoms with E-state index in [1.807, 2.05) is 25.1 Å². The zero-order valence-corrected chi connectivity index (χ0v) is 11.4. The summed E-state index contributed by atoms with van der Waals surface area (Å²) >= 11 is 6.03. The quantitative estimate of drug-likeness (QED) is 0.672. The van der Waals surface area contributed by atoms with E-state index in [0.717, 1.165) is 17.9 Å². The summed E-state index contributed by atoms with van der Waals surface area (Å²) < 4.78 is 10.9. The van der Waals surface area contributed by atoms with Gasteiger partial charge in [0, 0.05) is 13.1 Å². The Balaban J connectivity index is 2.11. The molecule has 0 bridgehead atoms. The number of rotatable bonds is 9. The molecule has 0 aliphatic carbocycles. The molecule has 0 radical (unpaired) electrons. The number of halogens is 1. The summed E-state index contributed by atoms with van der Waals surface area (Å²) in [6, 6.07) is 5.66. The fraction of sp³-hybridized carbons (Fsp3) is 0.538. The van der Waals surface area contributed by atoms with Gasteiger partial charge in [0.25, 0.3) is 0 Å². The molecule has 0 heterocycles. The molecule has 1 rings (SSSR count). The van der Waals surface area contributed by atoms with Gasteiger partial charge in [0.15, 0.2) is 0 Å². The maximum atomic E-state index is 8.55. The van der Waals surface area contributed by atoms with Crippen LogP contribution in [0.15, 0.2) is 18.2 Å². The monoisotopic (exact) mass is 273 g/mol. The Morgan fingerprint density at radius 2 is 2.06 bits per heavy atom. The van der Waals surface area contributed by atoms with E-state index in [2.05, 4.69) is 5.32 Å². The third-order valence-corrected chi connectivity index (χ3v) is 2.65. The lowest BCUT2D eigenvalue weighted by molar-refractivity contribution is 0.101. The summed E-state index contributed by atoms with van der Waals surface area (Å²) in [5.41, 5.74) is 1.02. The summed E-state index contributed by atoms with van der Waals surface area (Å²) in [7, 11) is 0. The van der Waals surface area contributed by atoms with Crippen molar-refractivity contribution in [2.75, 3.05) is 39.5 Å². The summed E-state index contributed by atoms with van der Waals surface area (Å²) in [5, 5.41) is 12.2. The molecule has 0 spiro atoms. The molecule has 0 unspecified atom stereocenters. The molecule has 0 saturated carbocycles. The second-order valence-electron chi connectivity index (χ2n) is 3.82. The van der Waals surface area contributed by atoms with Crippen LogP contribution in [0, 0.1) is 6.92 Å². The number of nitrogens with one attached hydrogen (secondary N) is 1. The van der Waals surface area contributed by atoms with Crippen LogP contribution in [0.5, 0.6) is 5.75 Å². The molecule has 0 atom stereocenters. The highest BCUT2D eigenvalue weighted by Crippen LogP contribution is 2.27. The van der Waals surface area contributed by atoms with Gasteiger partial charge in [-0.2, -0.15) is 0 Å². The van der Waals surface area contributed by atoms with E-state index >= 15 is 0 Å². The van der Waals surface area contributed by atoms with Crippen LogP contribution >= 0.6 is 11.6 Å². The fourth-order valence-electron chi connectivity index (χ4n) is 1.45. The van der Waals surface area contributed by atoms with Gasteiger partial charge in [-0.25, -0.2) is 0 Å². The molecular formula is C13H20ClNO3. The van der Waals surface area contributed by atoms with Crippen molar-refractivity contribution in [3.8, 4) is 5.75 Å². The third kappa shape index (κ3) is 5.69. The molecule has 1 aromatic rings. The fourth-order valence-corrected chi connectivity index (χ4v) is 1.73. The van der Waals surface area contributed by atoms with E-state index < -0.39 is 0 Å². The van der Waals surface area contributed by atoms with Gasteiger partial charge in [-0.3, -0.25) is 0 Å². The van der Waals surface area contributed by atoms with Crippen molar-refractivity contribution >= 4 is 11.6 Å². The first-order valence-corrected chi connectivity index (χ1v) is 6.40.